The summed E-state index contributed by atoms with van der Waals surface area (Å²) in [6.07, 6.45) is -1.10. The second kappa shape index (κ2) is 8.44. The zero-order valence-corrected chi connectivity index (χ0v) is 14.6. The number of ether oxygens (including phenoxy) is 2. The van der Waals surface area contributed by atoms with E-state index in [0.717, 1.165) is 5.56 Å². The Morgan fingerprint density at radius 1 is 1.21 bits per heavy atom. The fourth-order valence-electron chi connectivity index (χ4n) is 1.82. The molecule has 0 fully saturated rings. The van der Waals surface area contributed by atoms with Gasteiger partial charge in [-0.05, 0) is 45.4 Å². The number of urea groups is 1. The van der Waals surface area contributed by atoms with Crippen LogP contribution in [0.25, 0.3) is 0 Å². The van der Waals surface area contributed by atoms with Crippen molar-refractivity contribution in [1.82, 2.24) is 10.6 Å². The minimum atomic E-state index is -1.10. The summed E-state index contributed by atoms with van der Waals surface area (Å²) in [5, 5.41) is 4.72. The van der Waals surface area contributed by atoms with Gasteiger partial charge in [0.15, 0.2) is 6.10 Å². The third-order valence-electron chi connectivity index (χ3n) is 2.85. The van der Waals surface area contributed by atoms with Gasteiger partial charge in [0, 0.05) is 12.6 Å². The van der Waals surface area contributed by atoms with E-state index in [1.807, 2.05) is 6.07 Å². The predicted octanol–water partition coefficient (Wildman–Crippen LogP) is 2.00. The van der Waals surface area contributed by atoms with Crippen molar-refractivity contribution < 1.29 is 23.9 Å². The van der Waals surface area contributed by atoms with Crippen molar-refractivity contribution in [3.63, 3.8) is 0 Å². The highest BCUT2D eigenvalue weighted by Gasteiger charge is 2.22. The SMILES string of the molecule is COCc1cccc(C(=O)O[C@@H](C)C(=O)NC(=O)NC(C)(C)C)c1. The van der Waals surface area contributed by atoms with E-state index in [-0.39, 0.29) is 0 Å². The summed E-state index contributed by atoms with van der Waals surface area (Å²) in [5.74, 6) is -1.34. The fraction of sp³-hybridized carbons (Fsp3) is 0.471. The van der Waals surface area contributed by atoms with E-state index in [1.165, 1.54) is 6.92 Å². The Hall–Kier alpha value is -2.41. The van der Waals surface area contributed by atoms with E-state index in [9.17, 15) is 14.4 Å². The van der Waals surface area contributed by atoms with Crippen molar-refractivity contribution in [1.29, 1.82) is 0 Å². The molecule has 24 heavy (non-hydrogen) atoms. The molecule has 7 heteroatoms. The Balaban J connectivity index is 2.61. The van der Waals surface area contributed by atoms with Crippen LogP contribution in [0.5, 0.6) is 0 Å². The molecule has 1 aromatic carbocycles. The zero-order chi connectivity index (χ0) is 18.3. The molecule has 1 aromatic rings. The van der Waals surface area contributed by atoms with Crippen LogP contribution >= 0.6 is 0 Å². The lowest BCUT2D eigenvalue weighted by Crippen LogP contribution is -2.50. The van der Waals surface area contributed by atoms with Gasteiger partial charge in [-0.1, -0.05) is 12.1 Å². The van der Waals surface area contributed by atoms with E-state index in [0.29, 0.717) is 12.2 Å². The molecule has 0 heterocycles. The number of carbonyl (C=O) groups is 3. The first kappa shape index (κ1) is 19.6. The van der Waals surface area contributed by atoms with Gasteiger partial charge in [-0.25, -0.2) is 9.59 Å². The van der Waals surface area contributed by atoms with Gasteiger partial charge in [0.05, 0.1) is 12.2 Å². The molecule has 7 nitrogen and oxygen atoms in total. The lowest BCUT2D eigenvalue weighted by molar-refractivity contribution is -0.127. The zero-order valence-electron chi connectivity index (χ0n) is 14.6. The third kappa shape index (κ3) is 6.78. The maximum absolute atomic E-state index is 12.1. The maximum Gasteiger partial charge on any atom is 0.338 e. The summed E-state index contributed by atoms with van der Waals surface area (Å²) in [6, 6.07) is 6.08. The number of rotatable bonds is 5. The summed E-state index contributed by atoms with van der Waals surface area (Å²) in [6.45, 7) is 7.12. The molecule has 0 radical (unpaired) electrons. The van der Waals surface area contributed by atoms with E-state index in [1.54, 1.807) is 46.1 Å². The van der Waals surface area contributed by atoms with Gasteiger partial charge < -0.3 is 14.8 Å². The molecule has 1 rings (SSSR count). The molecule has 0 bridgehead atoms. The highest BCUT2D eigenvalue weighted by molar-refractivity contribution is 5.98. The Morgan fingerprint density at radius 2 is 1.88 bits per heavy atom. The van der Waals surface area contributed by atoms with Crippen molar-refractivity contribution in [3.05, 3.63) is 35.4 Å². The van der Waals surface area contributed by atoms with Crippen LogP contribution in [0.15, 0.2) is 24.3 Å². The number of benzene rings is 1. The first-order chi connectivity index (χ1) is 11.1. The summed E-state index contributed by atoms with van der Waals surface area (Å²) in [7, 11) is 1.56. The lowest BCUT2D eigenvalue weighted by Gasteiger charge is -2.21. The third-order valence-corrected chi connectivity index (χ3v) is 2.85. The smallest absolute Gasteiger partial charge is 0.338 e. The van der Waals surface area contributed by atoms with E-state index in [2.05, 4.69) is 10.6 Å². The molecule has 3 amide bonds. The molecule has 0 saturated heterocycles. The van der Waals surface area contributed by atoms with Gasteiger partial charge in [-0.2, -0.15) is 0 Å². The summed E-state index contributed by atoms with van der Waals surface area (Å²) in [4.78, 5) is 35.6. The lowest BCUT2D eigenvalue weighted by atomic mass is 10.1. The number of amides is 3. The average molecular weight is 336 g/mol. The molecule has 2 N–H and O–H groups in total. The molecule has 0 saturated carbocycles. The highest BCUT2D eigenvalue weighted by atomic mass is 16.5. The van der Waals surface area contributed by atoms with Crippen LogP contribution in [0.1, 0.15) is 43.6 Å². The van der Waals surface area contributed by atoms with E-state index >= 15 is 0 Å². The van der Waals surface area contributed by atoms with Crippen LogP contribution in [-0.4, -0.2) is 36.7 Å². The van der Waals surface area contributed by atoms with Crippen molar-refractivity contribution >= 4 is 17.9 Å². The number of hydrogen-bond donors (Lipinski definition) is 2. The van der Waals surface area contributed by atoms with Crippen molar-refractivity contribution in [2.24, 2.45) is 0 Å². The minimum Gasteiger partial charge on any atom is -0.449 e. The quantitative estimate of drug-likeness (QED) is 0.802. The minimum absolute atomic E-state index is 0.309. The largest absolute Gasteiger partial charge is 0.449 e. The molecule has 0 aliphatic heterocycles. The Morgan fingerprint density at radius 3 is 2.46 bits per heavy atom. The number of hydrogen-bond acceptors (Lipinski definition) is 5. The highest BCUT2D eigenvalue weighted by Crippen LogP contribution is 2.09. The number of methoxy groups -OCH3 is 1. The number of carbonyl (C=O) groups excluding carboxylic acids is 3. The van der Waals surface area contributed by atoms with Crippen molar-refractivity contribution in [2.75, 3.05) is 7.11 Å². The van der Waals surface area contributed by atoms with Gasteiger partial charge in [-0.3, -0.25) is 10.1 Å². The van der Waals surface area contributed by atoms with Crippen LogP contribution in [0.2, 0.25) is 0 Å². The summed E-state index contributed by atoms with van der Waals surface area (Å²) in [5.41, 5.74) is 0.642. The van der Waals surface area contributed by atoms with Gasteiger partial charge >= 0.3 is 12.0 Å². The number of nitrogens with one attached hydrogen (secondary N) is 2. The van der Waals surface area contributed by atoms with Crippen LogP contribution in [0, 0.1) is 0 Å². The number of esters is 1. The molecule has 1 atom stereocenters. The van der Waals surface area contributed by atoms with Gasteiger partial charge in [0.1, 0.15) is 0 Å². The first-order valence-electron chi connectivity index (χ1n) is 7.54. The van der Waals surface area contributed by atoms with Crippen LogP contribution < -0.4 is 10.6 Å². The van der Waals surface area contributed by atoms with Gasteiger partial charge in [-0.15, -0.1) is 0 Å². The Labute approximate surface area is 141 Å². The normalized spacial score (nSPS) is 12.2. The van der Waals surface area contributed by atoms with Crippen molar-refractivity contribution in [3.8, 4) is 0 Å². The predicted molar refractivity (Wildman–Crippen MR) is 88.5 cm³/mol. The molecule has 0 spiro atoms. The standard InChI is InChI=1S/C17H24N2O5/c1-11(14(20)18-16(22)19-17(2,3)4)24-15(21)13-8-6-7-12(9-13)10-23-5/h6-9,11H,10H2,1-5H3,(H2,18,19,20,22)/t11-/m0/s1. The molecule has 0 aliphatic rings. The second-order valence-electron chi connectivity index (χ2n) is 6.37. The molecular weight excluding hydrogens is 312 g/mol. The monoisotopic (exact) mass is 336 g/mol. The van der Waals surface area contributed by atoms with Gasteiger partial charge in [0.25, 0.3) is 5.91 Å². The van der Waals surface area contributed by atoms with Crippen LogP contribution in [0.4, 0.5) is 4.79 Å². The number of imide groups is 1. The molecule has 0 aliphatic carbocycles. The van der Waals surface area contributed by atoms with E-state index < -0.39 is 29.6 Å². The summed E-state index contributed by atoms with van der Waals surface area (Å²) >= 11 is 0. The summed E-state index contributed by atoms with van der Waals surface area (Å²) < 4.78 is 10.1. The van der Waals surface area contributed by atoms with Crippen molar-refractivity contribution in [2.45, 2.75) is 45.9 Å². The van der Waals surface area contributed by atoms with Gasteiger partial charge in [0.2, 0.25) is 0 Å². The average Bonchev–Trinajstić information content (AvgIpc) is 2.45. The fourth-order valence-corrected chi connectivity index (χ4v) is 1.82. The van der Waals surface area contributed by atoms with Crippen LogP contribution in [0.3, 0.4) is 0 Å². The first-order valence-corrected chi connectivity index (χ1v) is 7.54. The Kier molecular flexibility index (Phi) is 6.91. The maximum atomic E-state index is 12.1. The molecule has 132 valence electrons. The second-order valence-corrected chi connectivity index (χ2v) is 6.37. The Bertz CT molecular complexity index is 607. The molecule has 0 unspecified atom stereocenters. The molecular formula is C17H24N2O5. The van der Waals surface area contributed by atoms with E-state index in [4.69, 9.17) is 9.47 Å². The topological polar surface area (TPSA) is 93.7 Å². The van der Waals surface area contributed by atoms with Crippen LogP contribution in [-0.2, 0) is 20.9 Å². The molecule has 0 aromatic heterocycles.